The van der Waals surface area contributed by atoms with Crippen molar-refractivity contribution in [3.05, 3.63) is 89.5 Å². The number of fused-ring (bicyclic) bond motifs is 1. The molecule has 4 rings (SSSR count). The van der Waals surface area contributed by atoms with Crippen molar-refractivity contribution in [1.82, 2.24) is 5.32 Å². The molecule has 0 saturated carbocycles. The van der Waals surface area contributed by atoms with Crippen LogP contribution in [-0.4, -0.2) is 26.8 Å². The van der Waals surface area contributed by atoms with Crippen LogP contribution in [0.3, 0.4) is 0 Å². The molecule has 1 aliphatic rings. The summed E-state index contributed by atoms with van der Waals surface area (Å²) >= 11 is 0. The van der Waals surface area contributed by atoms with Gasteiger partial charge in [0.15, 0.2) is 0 Å². The van der Waals surface area contributed by atoms with Crippen molar-refractivity contribution < 1.29 is 22.2 Å². The summed E-state index contributed by atoms with van der Waals surface area (Å²) < 4.78 is 30.9. The van der Waals surface area contributed by atoms with Crippen molar-refractivity contribution in [3.8, 4) is 5.75 Å². The van der Waals surface area contributed by atoms with Crippen molar-refractivity contribution in [3.63, 3.8) is 0 Å². The molecule has 1 heterocycles. The summed E-state index contributed by atoms with van der Waals surface area (Å²) in [5, 5.41) is 2.80. The fourth-order valence-corrected chi connectivity index (χ4v) is 4.58. The minimum Gasteiger partial charge on any atom is -0.379 e. The van der Waals surface area contributed by atoms with E-state index in [2.05, 4.69) is 5.32 Å². The molecule has 1 aliphatic heterocycles. The Labute approximate surface area is 186 Å². The van der Waals surface area contributed by atoms with Gasteiger partial charge in [0, 0.05) is 31.3 Å². The van der Waals surface area contributed by atoms with Crippen molar-refractivity contribution in [2.24, 2.45) is 0 Å². The van der Waals surface area contributed by atoms with Crippen molar-refractivity contribution in [2.75, 3.05) is 11.4 Å². The summed E-state index contributed by atoms with van der Waals surface area (Å²) in [6.07, 6.45) is 0.579. The molecule has 3 aromatic rings. The summed E-state index contributed by atoms with van der Waals surface area (Å²) in [5.41, 5.74) is 2.74. The Hall–Kier alpha value is -3.65. The van der Waals surface area contributed by atoms with E-state index >= 15 is 0 Å². The molecule has 2 amide bonds. The van der Waals surface area contributed by atoms with E-state index in [9.17, 15) is 18.0 Å². The Bertz CT molecular complexity index is 1270. The van der Waals surface area contributed by atoms with Crippen LogP contribution in [0.2, 0.25) is 0 Å². The van der Waals surface area contributed by atoms with Gasteiger partial charge in [-0.15, -0.1) is 0 Å². The molecule has 3 aromatic carbocycles. The highest BCUT2D eigenvalue weighted by molar-refractivity contribution is 7.87. The molecule has 0 atom stereocenters. The average molecular weight is 451 g/mol. The monoisotopic (exact) mass is 450 g/mol. The van der Waals surface area contributed by atoms with Crippen LogP contribution in [0.15, 0.2) is 77.7 Å². The molecule has 8 heteroatoms. The molecular formula is C24H22N2O5S. The average Bonchev–Trinajstić information content (AvgIpc) is 3.22. The lowest BCUT2D eigenvalue weighted by atomic mass is 10.2. The highest BCUT2D eigenvalue weighted by atomic mass is 32.2. The Morgan fingerprint density at radius 1 is 1.00 bits per heavy atom. The molecule has 0 fully saturated rings. The van der Waals surface area contributed by atoms with Gasteiger partial charge in [0.1, 0.15) is 10.6 Å². The first-order valence-corrected chi connectivity index (χ1v) is 11.5. The number of amides is 2. The number of anilines is 1. The lowest BCUT2D eigenvalue weighted by Gasteiger charge is -2.15. The number of nitrogens with one attached hydrogen (secondary N) is 1. The van der Waals surface area contributed by atoms with E-state index in [0.29, 0.717) is 30.8 Å². The first-order chi connectivity index (χ1) is 15.3. The second-order valence-corrected chi connectivity index (χ2v) is 8.99. The molecule has 0 unspecified atom stereocenters. The lowest BCUT2D eigenvalue weighted by molar-refractivity contribution is -0.116. The molecule has 32 heavy (non-hydrogen) atoms. The normalized spacial score (nSPS) is 12.8. The maximum atomic E-state index is 12.8. The highest BCUT2D eigenvalue weighted by Gasteiger charge is 2.25. The van der Waals surface area contributed by atoms with E-state index in [0.717, 1.165) is 11.1 Å². The Kier molecular flexibility index (Phi) is 5.96. The summed E-state index contributed by atoms with van der Waals surface area (Å²) in [4.78, 5) is 25.8. The van der Waals surface area contributed by atoms with Gasteiger partial charge in [0.05, 0.1) is 0 Å². The van der Waals surface area contributed by atoms with Gasteiger partial charge in [-0.2, -0.15) is 8.42 Å². The standard InChI is InChI=1S/C24H22N2O5S/c1-17(27)26-13-12-19-15-22(10-11-23(19)26)32(29,30)31-21-9-5-8-20(14-21)24(28)25-16-18-6-3-2-4-7-18/h2-11,14-15H,12-13,16H2,1H3,(H,25,28). The molecule has 0 spiro atoms. The zero-order chi connectivity index (χ0) is 22.7. The zero-order valence-electron chi connectivity index (χ0n) is 17.4. The third-order valence-electron chi connectivity index (χ3n) is 5.21. The van der Waals surface area contributed by atoms with Crippen molar-refractivity contribution in [2.45, 2.75) is 24.8 Å². The van der Waals surface area contributed by atoms with Crippen LogP contribution in [0.1, 0.15) is 28.4 Å². The van der Waals surface area contributed by atoms with Crippen LogP contribution in [0, 0.1) is 0 Å². The van der Waals surface area contributed by atoms with E-state index in [1.54, 1.807) is 23.1 Å². The topological polar surface area (TPSA) is 92.8 Å². The second kappa shape index (κ2) is 8.84. The van der Waals surface area contributed by atoms with Crippen LogP contribution in [-0.2, 0) is 27.9 Å². The number of carbonyl (C=O) groups is 2. The minimum absolute atomic E-state index is 0.000541. The molecule has 0 radical (unpaired) electrons. The lowest BCUT2D eigenvalue weighted by Crippen LogP contribution is -2.25. The Morgan fingerprint density at radius 3 is 2.53 bits per heavy atom. The van der Waals surface area contributed by atoms with E-state index < -0.39 is 10.1 Å². The van der Waals surface area contributed by atoms with Gasteiger partial charge in [0.2, 0.25) is 5.91 Å². The van der Waals surface area contributed by atoms with E-state index in [1.165, 1.54) is 31.2 Å². The number of carbonyl (C=O) groups excluding carboxylic acids is 2. The van der Waals surface area contributed by atoms with Gasteiger partial charge in [0.25, 0.3) is 5.91 Å². The predicted octanol–water partition coefficient (Wildman–Crippen LogP) is 3.29. The fourth-order valence-electron chi connectivity index (χ4n) is 3.60. The smallest absolute Gasteiger partial charge is 0.339 e. The Morgan fingerprint density at radius 2 is 1.78 bits per heavy atom. The van der Waals surface area contributed by atoms with Gasteiger partial charge in [-0.25, -0.2) is 0 Å². The van der Waals surface area contributed by atoms with E-state index in [-0.39, 0.29) is 22.5 Å². The predicted molar refractivity (Wildman–Crippen MR) is 120 cm³/mol. The van der Waals surface area contributed by atoms with Gasteiger partial charge in [-0.3, -0.25) is 9.59 Å². The summed E-state index contributed by atoms with van der Waals surface area (Å²) in [5.74, 6) is -0.375. The molecule has 164 valence electrons. The SMILES string of the molecule is CC(=O)N1CCc2cc(S(=O)(=O)Oc3cccc(C(=O)NCc4ccccc4)c3)ccc21. The number of hydrogen-bond donors (Lipinski definition) is 1. The fraction of sp³-hybridized carbons (Fsp3) is 0.167. The third-order valence-corrected chi connectivity index (χ3v) is 6.46. The Balaban J connectivity index is 1.48. The van der Waals surface area contributed by atoms with E-state index in [1.807, 2.05) is 30.3 Å². The number of rotatable bonds is 6. The third kappa shape index (κ3) is 4.65. The molecule has 0 aromatic heterocycles. The van der Waals surface area contributed by atoms with Gasteiger partial charge in [-0.1, -0.05) is 36.4 Å². The quantitative estimate of drug-likeness (QED) is 0.582. The van der Waals surface area contributed by atoms with Crippen molar-refractivity contribution >= 4 is 27.6 Å². The van der Waals surface area contributed by atoms with Crippen LogP contribution in [0.4, 0.5) is 5.69 Å². The maximum absolute atomic E-state index is 12.8. The number of benzene rings is 3. The zero-order valence-corrected chi connectivity index (χ0v) is 18.3. The first-order valence-electron chi connectivity index (χ1n) is 10.1. The highest BCUT2D eigenvalue weighted by Crippen LogP contribution is 2.31. The largest absolute Gasteiger partial charge is 0.379 e. The second-order valence-electron chi connectivity index (χ2n) is 7.44. The van der Waals surface area contributed by atoms with Gasteiger partial charge in [-0.05, 0) is 53.9 Å². The summed E-state index contributed by atoms with van der Waals surface area (Å²) in [7, 11) is -4.11. The molecule has 0 aliphatic carbocycles. The molecule has 7 nitrogen and oxygen atoms in total. The van der Waals surface area contributed by atoms with Gasteiger partial charge >= 0.3 is 10.1 Å². The first kappa shape index (κ1) is 21.6. The molecular weight excluding hydrogens is 428 g/mol. The van der Waals surface area contributed by atoms with Crippen LogP contribution < -0.4 is 14.4 Å². The maximum Gasteiger partial charge on any atom is 0.339 e. The number of hydrogen-bond acceptors (Lipinski definition) is 5. The van der Waals surface area contributed by atoms with E-state index in [4.69, 9.17) is 4.18 Å². The minimum atomic E-state index is -4.11. The van der Waals surface area contributed by atoms with Crippen LogP contribution in [0.5, 0.6) is 5.75 Å². The van der Waals surface area contributed by atoms with Crippen LogP contribution >= 0.6 is 0 Å². The molecule has 1 N–H and O–H groups in total. The van der Waals surface area contributed by atoms with Gasteiger partial charge < -0.3 is 14.4 Å². The summed E-state index contributed by atoms with van der Waals surface area (Å²) in [6.45, 7) is 2.36. The summed E-state index contributed by atoms with van der Waals surface area (Å²) in [6, 6.07) is 20.1. The number of nitrogens with zero attached hydrogens (tertiary/aromatic N) is 1. The molecule has 0 saturated heterocycles. The van der Waals surface area contributed by atoms with Crippen LogP contribution in [0.25, 0.3) is 0 Å². The molecule has 0 bridgehead atoms. The van der Waals surface area contributed by atoms with Crippen molar-refractivity contribution in [1.29, 1.82) is 0 Å².